The number of benzene rings is 2. The van der Waals surface area contributed by atoms with Gasteiger partial charge in [0.1, 0.15) is 5.70 Å². The van der Waals surface area contributed by atoms with Crippen LogP contribution in [-0.2, 0) is 9.59 Å². The zero-order valence-electron chi connectivity index (χ0n) is 16.6. The molecule has 7 heteroatoms. The first-order valence-electron chi connectivity index (χ1n) is 9.90. The largest absolute Gasteiger partial charge is 0.364 e. The molecule has 0 aromatic heterocycles. The number of carbonyl (C=O) groups is 2. The lowest BCUT2D eigenvalue weighted by Gasteiger charge is -2.36. The molecule has 0 radical (unpaired) electrons. The summed E-state index contributed by atoms with van der Waals surface area (Å²) in [5.41, 5.74) is 2.42. The lowest BCUT2D eigenvalue weighted by Crippen LogP contribution is -2.47. The van der Waals surface area contributed by atoms with Gasteiger partial charge in [0, 0.05) is 31.2 Å². The number of halogens is 1. The van der Waals surface area contributed by atoms with Crippen LogP contribution in [0.1, 0.15) is 18.1 Å². The third-order valence-electron chi connectivity index (χ3n) is 5.58. The van der Waals surface area contributed by atoms with Crippen LogP contribution in [0.5, 0.6) is 0 Å². The van der Waals surface area contributed by atoms with Crippen molar-refractivity contribution >= 4 is 34.7 Å². The van der Waals surface area contributed by atoms with Gasteiger partial charge in [-0.1, -0.05) is 30.7 Å². The smallest absolute Gasteiger partial charge is 0.282 e. The van der Waals surface area contributed by atoms with Crippen LogP contribution in [0, 0.1) is 11.3 Å². The highest BCUT2D eigenvalue weighted by Gasteiger charge is 2.42. The number of imide groups is 1. The van der Waals surface area contributed by atoms with Crippen LogP contribution in [0.4, 0.5) is 5.69 Å². The number of likely N-dealkylation sites (N-methyl/N-ethyl adjacent to an activating group) is 1. The summed E-state index contributed by atoms with van der Waals surface area (Å²) in [7, 11) is 0. The van der Waals surface area contributed by atoms with Gasteiger partial charge in [0.05, 0.1) is 22.9 Å². The molecular formula is C23H21ClN4O2. The van der Waals surface area contributed by atoms with Gasteiger partial charge in [0.25, 0.3) is 11.8 Å². The van der Waals surface area contributed by atoms with E-state index in [1.807, 2.05) is 4.90 Å². The van der Waals surface area contributed by atoms with Crippen molar-refractivity contribution in [2.75, 3.05) is 37.6 Å². The molecule has 1 fully saturated rings. The molecule has 0 unspecified atom stereocenters. The third kappa shape index (κ3) is 3.58. The molecule has 2 aliphatic heterocycles. The second-order valence-corrected chi connectivity index (χ2v) is 7.69. The van der Waals surface area contributed by atoms with Crippen LogP contribution in [0.25, 0.3) is 5.57 Å². The van der Waals surface area contributed by atoms with Gasteiger partial charge in [-0.2, -0.15) is 5.26 Å². The van der Waals surface area contributed by atoms with E-state index in [9.17, 15) is 9.59 Å². The maximum atomic E-state index is 13.5. The standard InChI is InChI=1S/C23H21ClN4O2/c1-2-26-11-13-27(14-12-26)21-20(17-5-7-18(24)8-6-17)22(29)28(23(21)30)19-9-3-16(15-25)4-10-19/h3-10H,2,11-14H2,1H3. The van der Waals surface area contributed by atoms with Crippen molar-refractivity contribution in [2.45, 2.75) is 6.92 Å². The molecule has 0 atom stereocenters. The molecule has 1 saturated heterocycles. The summed E-state index contributed by atoms with van der Waals surface area (Å²) in [6.07, 6.45) is 0. The minimum Gasteiger partial charge on any atom is -0.364 e. The number of carbonyl (C=O) groups excluding carboxylic acids is 2. The van der Waals surface area contributed by atoms with E-state index in [-0.39, 0.29) is 11.8 Å². The Bertz CT molecular complexity index is 1050. The molecular weight excluding hydrogens is 400 g/mol. The molecule has 2 amide bonds. The summed E-state index contributed by atoms with van der Waals surface area (Å²) < 4.78 is 0. The van der Waals surface area contributed by atoms with Crippen LogP contribution in [0.2, 0.25) is 5.02 Å². The number of rotatable bonds is 4. The van der Waals surface area contributed by atoms with Gasteiger partial charge < -0.3 is 9.80 Å². The Morgan fingerprint density at radius 1 is 0.933 bits per heavy atom. The number of hydrogen-bond donors (Lipinski definition) is 0. The Balaban J connectivity index is 1.76. The van der Waals surface area contributed by atoms with E-state index < -0.39 is 0 Å². The summed E-state index contributed by atoms with van der Waals surface area (Å²) in [6, 6.07) is 15.5. The number of anilines is 1. The minimum atomic E-state index is -0.361. The monoisotopic (exact) mass is 420 g/mol. The van der Waals surface area contributed by atoms with E-state index in [4.69, 9.17) is 16.9 Å². The van der Waals surface area contributed by atoms with Crippen molar-refractivity contribution in [1.82, 2.24) is 9.80 Å². The average Bonchev–Trinajstić information content (AvgIpc) is 3.04. The molecule has 0 bridgehead atoms. The fourth-order valence-corrected chi connectivity index (χ4v) is 4.02. The summed E-state index contributed by atoms with van der Waals surface area (Å²) in [5.74, 6) is -0.695. The molecule has 2 aliphatic rings. The Morgan fingerprint density at radius 3 is 2.13 bits per heavy atom. The number of hydrogen-bond acceptors (Lipinski definition) is 5. The highest BCUT2D eigenvalue weighted by Crippen LogP contribution is 2.35. The highest BCUT2D eigenvalue weighted by atomic mass is 35.5. The summed E-state index contributed by atoms with van der Waals surface area (Å²) in [5, 5.41) is 9.61. The van der Waals surface area contributed by atoms with Gasteiger partial charge in [-0.3, -0.25) is 9.59 Å². The van der Waals surface area contributed by atoms with E-state index in [1.54, 1.807) is 48.5 Å². The van der Waals surface area contributed by atoms with Crippen molar-refractivity contribution in [3.8, 4) is 6.07 Å². The topological polar surface area (TPSA) is 67.7 Å². The first kappa shape index (κ1) is 20.1. The minimum absolute atomic E-state index is 0.334. The predicted molar refractivity (Wildman–Crippen MR) is 116 cm³/mol. The van der Waals surface area contributed by atoms with Gasteiger partial charge in [-0.15, -0.1) is 0 Å². The molecule has 0 aliphatic carbocycles. The van der Waals surface area contributed by atoms with Crippen molar-refractivity contribution in [2.24, 2.45) is 0 Å². The highest BCUT2D eigenvalue weighted by molar-refractivity contribution is 6.45. The van der Waals surface area contributed by atoms with Gasteiger partial charge in [0.15, 0.2) is 0 Å². The van der Waals surface area contributed by atoms with E-state index in [0.717, 1.165) is 19.6 Å². The quantitative estimate of drug-likeness (QED) is 0.711. The fourth-order valence-electron chi connectivity index (χ4n) is 3.90. The predicted octanol–water partition coefficient (Wildman–Crippen LogP) is 3.13. The van der Waals surface area contributed by atoms with Crippen molar-refractivity contribution in [3.63, 3.8) is 0 Å². The molecule has 0 N–H and O–H groups in total. The van der Waals surface area contributed by atoms with Crippen LogP contribution in [0.15, 0.2) is 54.2 Å². The zero-order chi connectivity index (χ0) is 21.3. The Labute approximate surface area is 180 Å². The number of piperazine rings is 1. The molecule has 6 nitrogen and oxygen atoms in total. The average molecular weight is 421 g/mol. The van der Waals surface area contributed by atoms with Crippen LogP contribution >= 0.6 is 11.6 Å². The first-order valence-corrected chi connectivity index (χ1v) is 10.3. The molecule has 2 aromatic rings. The van der Waals surface area contributed by atoms with E-state index in [2.05, 4.69) is 17.9 Å². The fraction of sp³-hybridized carbons (Fsp3) is 0.261. The lowest BCUT2D eigenvalue weighted by atomic mass is 10.0. The zero-order valence-corrected chi connectivity index (χ0v) is 17.4. The number of amides is 2. The summed E-state index contributed by atoms with van der Waals surface area (Å²) in [4.78, 5) is 32.4. The third-order valence-corrected chi connectivity index (χ3v) is 5.83. The van der Waals surface area contributed by atoms with Crippen LogP contribution < -0.4 is 4.90 Å². The van der Waals surface area contributed by atoms with Crippen LogP contribution in [-0.4, -0.2) is 54.3 Å². The Kier molecular flexibility index (Phi) is 5.58. The second-order valence-electron chi connectivity index (χ2n) is 7.26. The maximum absolute atomic E-state index is 13.5. The van der Waals surface area contributed by atoms with E-state index in [1.165, 1.54) is 4.90 Å². The van der Waals surface area contributed by atoms with Gasteiger partial charge in [-0.25, -0.2) is 4.90 Å². The summed E-state index contributed by atoms with van der Waals surface area (Å²) in [6.45, 7) is 6.12. The van der Waals surface area contributed by atoms with E-state index in [0.29, 0.717) is 46.2 Å². The Morgan fingerprint density at radius 2 is 1.57 bits per heavy atom. The van der Waals surface area contributed by atoms with Gasteiger partial charge in [-0.05, 0) is 48.5 Å². The van der Waals surface area contributed by atoms with Crippen LogP contribution in [0.3, 0.4) is 0 Å². The molecule has 152 valence electrons. The SMILES string of the molecule is CCN1CCN(C2=C(c3ccc(Cl)cc3)C(=O)N(c3ccc(C#N)cc3)C2=O)CC1. The van der Waals surface area contributed by atoms with Crippen molar-refractivity contribution < 1.29 is 9.59 Å². The summed E-state index contributed by atoms with van der Waals surface area (Å²) >= 11 is 6.03. The normalized spacial score (nSPS) is 17.6. The molecule has 2 aromatic carbocycles. The lowest BCUT2D eigenvalue weighted by molar-refractivity contribution is -0.120. The number of nitrogens with zero attached hydrogens (tertiary/aromatic N) is 4. The molecule has 0 saturated carbocycles. The van der Waals surface area contributed by atoms with Crippen molar-refractivity contribution in [1.29, 1.82) is 5.26 Å². The molecule has 0 spiro atoms. The maximum Gasteiger partial charge on any atom is 0.282 e. The second kappa shape index (κ2) is 8.31. The van der Waals surface area contributed by atoms with E-state index >= 15 is 0 Å². The molecule has 4 rings (SSSR count). The van der Waals surface area contributed by atoms with Gasteiger partial charge in [0.2, 0.25) is 0 Å². The van der Waals surface area contributed by atoms with Crippen molar-refractivity contribution in [3.05, 3.63) is 70.4 Å². The Hall–Kier alpha value is -3.14. The number of nitriles is 1. The van der Waals surface area contributed by atoms with Gasteiger partial charge >= 0.3 is 0 Å². The first-order chi connectivity index (χ1) is 14.5. The molecule has 30 heavy (non-hydrogen) atoms. The molecule has 2 heterocycles.